The molecule has 39 heavy (non-hydrogen) atoms. The number of nitrogens with one attached hydrogen (secondary N) is 2. The topological polar surface area (TPSA) is 109 Å². The Balaban J connectivity index is 1.72. The van der Waals surface area contributed by atoms with Crippen molar-refractivity contribution in [1.29, 1.82) is 0 Å². The van der Waals surface area contributed by atoms with Crippen LogP contribution in [0.25, 0.3) is 0 Å². The molecule has 0 fully saturated rings. The highest BCUT2D eigenvalue weighted by Gasteiger charge is 2.24. The summed E-state index contributed by atoms with van der Waals surface area (Å²) in [4.78, 5) is 22.3. The van der Waals surface area contributed by atoms with Gasteiger partial charge in [0.15, 0.2) is 0 Å². The Kier molecular flexibility index (Phi) is 10.9. The summed E-state index contributed by atoms with van der Waals surface area (Å²) in [6.07, 6.45) is 14.9. The quantitative estimate of drug-likeness (QED) is 0.332. The number of guanidine groups is 1. The van der Waals surface area contributed by atoms with E-state index < -0.39 is 11.8 Å². The number of rotatable bonds is 8. The summed E-state index contributed by atoms with van der Waals surface area (Å²) in [5.41, 5.74) is 1.12. The van der Waals surface area contributed by atoms with Gasteiger partial charge in [0.2, 0.25) is 11.7 Å². The van der Waals surface area contributed by atoms with Gasteiger partial charge in [-0.1, -0.05) is 50.5 Å². The zero-order valence-electron chi connectivity index (χ0n) is 22.8. The van der Waals surface area contributed by atoms with Gasteiger partial charge in [-0.05, 0) is 24.1 Å². The number of amides is 1. The van der Waals surface area contributed by atoms with Crippen molar-refractivity contribution in [3.8, 4) is 0 Å². The molecule has 3 heterocycles. The third-order valence-electron chi connectivity index (χ3n) is 6.12. The minimum Gasteiger partial charge on any atom is -0.464 e. The van der Waals surface area contributed by atoms with Crippen molar-refractivity contribution < 1.29 is 19.4 Å². The molecule has 3 atom stereocenters. The first-order valence-electron chi connectivity index (χ1n) is 12.9. The van der Waals surface area contributed by atoms with E-state index >= 15 is 0 Å². The normalized spacial score (nSPS) is 23.4. The Bertz CT molecular complexity index is 1190. The molecule has 1 aromatic rings. The fraction of sp³-hybridized carbons (Fsp3) is 0.414. The monoisotopic (exact) mass is 555 g/mol. The van der Waals surface area contributed by atoms with Crippen LogP contribution in [0.15, 0.2) is 89.4 Å². The fourth-order valence-electron chi connectivity index (χ4n) is 4.07. The van der Waals surface area contributed by atoms with Crippen LogP contribution in [0.5, 0.6) is 0 Å². The smallest absolute Gasteiger partial charge is 0.253 e. The number of aromatic nitrogens is 1. The van der Waals surface area contributed by atoms with E-state index in [9.17, 15) is 9.90 Å². The number of aliphatic hydroxyl groups excluding tert-OH is 1. The molecule has 0 spiro atoms. The summed E-state index contributed by atoms with van der Waals surface area (Å²) >= 11 is 5.67. The minimum absolute atomic E-state index is 0.0430. The maximum atomic E-state index is 13.0. The van der Waals surface area contributed by atoms with E-state index in [-0.39, 0.29) is 24.5 Å². The summed E-state index contributed by atoms with van der Waals surface area (Å²) in [7, 11) is 0. The van der Waals surface area contributed by atoms with Gasteiger partial charge in [0, 0.05) is 44.1 Å². The first-order chi connectivity index (χ1) is 18.7. The molecule has 0 aliphatic carbocycles. The van der Waals surface area contributed by atoms with Crippen LogP contribution in [0.1, 0.15) is 37.6 Å². The zero-order chi connectivity index (χ0) is 28.4. The summed E-state index contributed by atoms with van der Waals surface area (Å²) in [6, 6.07) is 1.03. The van der Waals surface area contributed by atoms with E-state index in [4.69, 9.17) is 26.1 Å². The third kappa shape index (κ3) is 8.81. The summed E-state index contributed by atoms with van der Waals surface area (Å²) < 4.78 is 13.4. The molecule has 0 saturated heterocycles. The molecule has 0 radical (unpaired) electrons. The van der Waals surface area contributed by atoms with Crippen molar-refractivity contribution in [3.63, 3.8) is 0 Å². The molecule has 3 N–H and O–H groups in total. The standard InChI is InChI=1S/C29H38ClN5O4/c1-6-22(9-7-8-14-30)25(19-36)33-27(37)23-12-15-35(18-23)26-20(2)17-31-28(34-26)32-24-11-10-21(3)39-29(4,5)38-16-13-24/h6-12,15,18,20,24-25,36H,1,3,13-14,16-17,19H2,2,4-5H3,(H,31,32)(H,33,37)/b8-7-,11-10-,22-9+/t20-,24+,25?/m1/s1. The summed E-state index contributed by atoms with van der Waals surface area (Å²) in [6.45, 7) is 14.2. The second kappa shape index (κ2) is 14.1. The second-order valence-corrected chi connectivity index (χ2v) is 10.0. The molecule has 1 amide bonds. The van der Waals surface area contributed by atoms with Crippen LogP contribution < -0.4 is 10.6 Å². The molecule has 9 nitrogen and oxygen atoms in total. The molecular formula is C29H38ClN5O4. The zero-order valence-corrected chi connectivity index (χ0v) is 23.5. The summed E-state index contributed by atoms with van der Waals surface area (Å²) in [5.74, 6) is 1.12. The number of aliphatic imine (C=N–C) groups is 2. The Morgan fingerprint density at radius 2 is 2.23 bits per heavy atom. The van der Waals surface area contributed by atoms with Gasteiger partial charge < -0.3 is 29.8 Å². The number of carbonyl (C=O) groups is 1. The van der Waals surface area contributed by atoms with Gasteiger partial charge in [-0.3, -0.25) is 9.79 Å². The number of carbonyl (C=O) groups excluding carboxylic acids is 1. The highest BCUT2D eigenvalue weighted by atomic mass is 35.5. The molecule has 0 saturated carbocycles. The minimum atomic E-state index is -0.750. The Morgan fingerprint density at radius 1 is 1.44 bits per heavy atom. The lowest BCUT2D eigenvalue weighted by Crippen LogP contribution is -2.39. The molecule has 0 aromatic carbocycles. The van der Waals surface area contributed by atoms with E-state index in [1.54, 1.807) is 42.8 Å². The number of hydrogen-bond donors (Lipinski definition) is 3. The molecule has 2 aliphatic rings. The van der Waals surface area contributed by atoms with Gasteiger partial charge in [0.05, 0.1) is 31.4 Å². The van der Waals surface area contributed by atoms with Crippen LogP contribution in [0.4, 0.5) is 0 Å². The molecule has 1 aromatic heterocycles. The van der Waals surface area contributed by atoms with Gasteiger partial charge in [0.25, 0.3) is 5.91 Å². The number of alkyl halides is 1. The fourth-order valence-corrected chi connectivity index (χ4v) is 4.18. The molecule has 1 unspecified atom stereocenters. The van der Waals surface area contributed by atoms with Crippen molar-refractivity contribution >= 4 is 29.3 Å². The van der Waals surface area contributed by atoms with Gasteiger partial charge >= 0.3 is 0 Å². The molecule has 0 bridgehead atoms. The van der Waals surface area contributed by atoms with E-state index in [0.29, 0.717) is 48.3 Å². The van der Waals surface area contributed by atoms with E-state index in [1.807, 2.05) is 37.5 Å². The first kappa shape index (κ1) is 30.1. The predicted molar refractivity (Wildman–Crippen MR) is 156 cm³/mol. The first-order valence-corrected chi connectivity index (χ1v) is 13.4. The predicted octanol–water partition coefficient (Wildman–Crippen LogP) is 3.94. The number of ether oxygens (including phenoxy) is 2. The van der Waals surface area contributed by atoms with Crippen molar-refractivity contribution in [2.45, 2.75) is 45.1 Å². The average molecular weight is 556 g/mol. The Hall–Kier alpha value is -3.40. The molecule has 210 valence electrons. The molecule has 10 heteroatoms. The third-order valence-corrected chi connectivity index (χ3v) is 6.30. The molecule has 2 aliphatic heterocycles. The highest BCUT2D eigenvalue weighted by molar-refractivity contribution is 6.18. The van der Waals surface area contributed by atoms with Crippen molar-refractivity contribution in [2.24, 2.45) is 15.9 Å². The van der Waals surface area contributed by atoms with Crippen molar-refractivity contribution in [3.05, 3.63) is 85.0 Å². The van der Waals surface area contributed by atoms with Gasteiger partial charge in [-0.2, -0.15) is 4.99 Å². The number of halogens is 1. The van der Waals surface area contributed by atoms with Gasteiger partial charge in [-0.25, -0.2) is 0 Å². The number of allylic oxidation sites excluding steroid dienone is 4. The lowest BCUT2D eigenvalue weighted by molar-refractivity contribution is -0.187. The SMILES string of the molecule is C=C/C(=C\C=C/CCl)C(CO)NC(=O)c1ccn(C2=NC(N[C@H]3/C=C\C(=C)OC(C)(C)OCC3)=NC[C@H]2C)c1. The number of aliphatic hydroxyl groups is 1. The van der Waals surface area contributed by atoms with Gasteiger partial charge in [0.1, 0.15) is 11.6 Å². The number of hydrogen-bond acceptors (Lipinski definition) is 7. The van der Waals surface area contributed by atoms with Gasteiger partial charge in [-0.15, -0.1) is 11.6 Å². The second-order valence-electron chi connectivity index (χ2n) is 9.72. The van der Waals surface area contributed by atoms with Crippen LogP contribution in [0.2, 0.25) is 0 Å². The Labute approximate surface area is 235 Å². The average Bonchev–Trinajstić information content (AvgIpc) is 3.40. The maximum Gasteiger partial charge on any atom is 0.253 e. The van der Waals surface area contributed by atoms with Crippen molar-refractivity contribution in [2.75, 3.05) is 25.6 Å². The largest absolute Gasteiger partial charge is 0.464 e. The lowest BCUT2D eigenvalue weighted by Gasteiger charge is -2.26. The van der Waals surface area contributed by atoms with Crippen LogP contribution in [0.3, 0.4) is 0 Å². The van der Waals surface area contributed by atoms with Crippen LogP contribution in [-0.2, 0) is 9.47 Å². The van der Waals surface area contributed by atoms with E-state index in [1.165, 1.54) is 0 Å². The van der Waals surface area contributed by atoms with Crippen LogP contribution >= 0.6 is 11.6 Å². The van der Waals surface area contributed by atoms with E-state index in [2.05, 4.69) is 28.8 Å². The number of nitrogens with zero attached hydrogens (tertiary/aromatic N) is 3. The molecule has 3 rings (SSSR count). The lowest BCUT2D eigenvalue weighted by atomic mass is 10.1. The van der Waals surface area contributed by atoms with Crippen LogP contribution in [0, 0.1) is 5.92 Å². The Morgan fingerprint density at radius 3 is 2.95 bits per heavy atom. The molecular weight excluding hydrogens is 518 g/mol. The summed E-state index contributed by atoms with van der Waals surface area (Å²) in [5, 5.41) is 16.1. The van der Waals surface area contributed by atoms with Crippen LogP contribution in [-0.4, -0.2) is 70.9 Å². The van der Waals surface area contributed by atoms with E-state index in [0.717, 1.165) is 5.84 Å². The maximum absolute atomic E-state index is 13.0. The van der Waals surface area contributed by atoms with Crippen molar-refractivity contribution in [1.82, 2.24) is 15.2 Å². The highest BCUT2D eigenvalue weighted by Crippen LogP contribution is 2.19.